The SMILES string of the molecule is Brc1ccc2c(c1)N1CCN(Cc3ccccc3)CC1CC=N2. The molecule has 1 fully saturated rings. The van der Waals surface area contributed by atoms with Crippen molar-refractivity contribution in [2.75, 3.05) is 24.5 Å². The molecule has 2 aromatic carbocycles. The van der Waals surface area contributed by atoms with Crippen LogP contribution in [-0.4, -0.2) is 36.8 Å². The van der Waals surface area contributed by atoms with Gasteiger partial charge in [-0.25, -0.2) is 0 Å². The Morgan fingerprint density at radius 3 is 2.83 bits per heavy atom. The molecule has 0 aromatic heterocycles. The molecule has 3 nitrogen and oxygen atoms in total. The first-order chi connectivity index (χ1) is 11.3. The van der Waals surface area contributed by atoms with Crippen molar-refractivity contribution >= 4 is 33.5 Å². The van der Waals surface area contributed by atoms with Gasteiger partial charge in [-0.05, 0) is 23.8 Å². The Bertz CT molecular complexity index is 714. The lowest BCUT2D eigenvalue weighted by Gasteiger charge is -2.42. The Labute approximate surface area is 145 Å². The minimum Gasteiger partial charge on any atom is -0.364 e. The summed E-state index contributed by atoms with van der Waals surface area (Å²) in [6, 6.07) is 17.6. The van der Waals surface area contributed by atoms with Crippen molar-refractivity contribution < 1.29 is 0 Å². The average Bonchev–Trinajstić information content (AvgIpc) is 2.74. The second kappa shape index (κ2) is 6.46. The van der Waals surface area contributed by atoms with Crippen molar-refractivity contribution in [1.82, 2.24) is 4.90 Å². The smallest absolute Gasteiger partial charge is 0.0860 e. The Morgan fingerprint density at radius 2 is 1.96 bits per heavy atom. The van der Waals surface area contributed by atoms with Crippen LogP contribution in [0.25, 0.3) is 0 Å². The van der Waals surface area contributed by atoms with Gasteiger partial charge >= 0.3 is 0 Å². The van der Waals surface area contributed by atoms with Crippen molar-refractivity contribution in [3.8, 4) is 0 Å². The van der Waals surface area contributed by atoms with E-state index in [2.05, 4.69) is 85.5 Å². The summed E-state index contributed by atoms with van der Waals surface area (Å²) in [6.45, 7) is 4.28. The molecule has 0 radical (unpaired) electrons. The van der Waals surface area contributed by atoms with E-state index in [4.69, 9.17) is 0 Å². The number of hydrogen-bond donors (Lipinski definition) is 0. The monoisotopic (exact) mass is 369 g/mol. The van der Waals surface area contributed by atoms with E-state index in [9.17, 15) is 0 Å². The van der Waals surface area contributed by atoms with Crippen molar-refractivity contribution in [3.63, 3.8) is 0 Å². The second-order valence-corrected chi connectivity index (χ2v) is 7.16. The predicted molar refractivity (Wildman–Crippen MR) is 99.8 cm³/mol. The fourth-order valence-corrected chi connectivity index (χ4v) is 3.88. The van der Waals surface area contributed by atoms with E-state index in [0.29, 0.717) is 6.04 Å². The number of benzene rings is 2. The number of hydrogen-bond acceptors (Lipinski definition) is 3. The Balaban J connectivity index is 1.53. The van der Waals surface area contributed by atoms with E-state index >= 15 is 0 Å². The van der Waals surface area contributed by atoms with Crippen LogP contribution in [-0.2, 0) is 6.54 Å². The number of halogens is 1. The van der Waals surface area contributed by atoms with E-state index in [1.165, 1.54) is 11.3 Å². The molecule has 1 atom stereocenters. The van der Waals surface area contributed by atoms with E-state index in [0.717, 1.165) is 42.8 Å². The third kappa shape index (κ3) is 3.19. The summed E-state index contributed by atoms with van der Waals surface area (Å²) in [6.07, 6.45) is 3.10. The molecule has 1 unspecified atom stereocenters. The van der Waals surface area contributed by atoms with Crippen LogP contribution >= 0.6 is 15.9 Å². The van der Waals surface area contributed by atoms with Crippen LogP contribution in [0.4, 0.5) is 11.4 Å². The highest BCUT2D eigenvalue weighted by Crippen LogP contribution is 2.36. The number of rotatable bonds is 2. The number of nitrogens with zero attached hydrogens (tertiary/aromatic N) is 3. The van der Waals surface area contributed by atoms with E-state index in [1.54, 1.807) is 0 Å². The molecule has 0 N–H and O–H groups in total. The zero-order chi connectivity index (χ0) is 15.6. The summed E-state index contributed by atoms with van der Waals surface area (Å²) in [5.74, 6) is 0. The minimum atomic E-state index is 0.506. The van der Waals surface area contributed by atoms with Crippen LogP contribution in [0.15, 0.2) is 58.0 Å². The highest BCUT2D eigenvalue weighted by atomic mass is 79.9. The summed E-state index contributed by atoms with van der Waals surface area (Å²) in [7, 11) is 0. The number of fused-ring (bicyclic) bond motifs is 3. The van der Waals surface area contributed by atoms with Crippen LogP contribution in [0.3, 0.4) is 0 Å². The summed E-state index contributed by atoms with van der Waals surface area (Å²) in [5.41, 5.74) is 3.75. The van der Waals surface area contributed by atoms with Crippen LogP contribution < -0.4 is 4.90 Å². The molecule has 4 heteroatoms. The molecule has 0 bridgehead atoms. The maximum atomic E-state index is 4.66. The van der Waals surface area contributed by atoms with Gasteiger partial charge < -0.3 is 4.90 Å². The standard InChI is InChI=1S/C19H20BrN3/c20-16-6-7-18-19(12-16)23-11-10-22(14-17(23)8-9-21-18)13-15-4-2-1-3-5-15/h1-7,9,12,17H,8,10-11,13-14H2. The van der Waals surface area contributed by atoms with Crippen LogP contribution in [0.1, 0.15) is 12.0 Å². The molecule has 4 rings (SSSR count). The van der Waals surface area contributed by atoms with Gasteiger partial charge in [0.15, 0.2) is 0 Å². The van der Waals surface area contributed by atoms with Gasteiger partial charge in [-0.15, -0.1) is 0 Å². The maximum absolute atomic E-state index is 4.66. The normalized spacial score (nSPS) is 20.7. The fraction of sp³-hybridized carbons (Fsp3) is 0.316. The van der Waals surface area contributed by atoms with E-state index in [1.807, 2.05) is 0 Å². The van der Waals surface area contributed by atoms with Crippen molar-refractivity contribution in [2.45, 2.75) is 19.0 Å². The molecular weight excluding hydrogens is 350 g/mol. The minimum absolute atomic E-state index is 0.506. The molecule has 2 aliphatic rings. The quantitative estimate of drug-likeness (QED) is 0.787. The van der Waals surface area contributed by atoms with Gasteiger partial charge in [-0.3, -0.25) is 9.89 Å². The second-order valence-electron chi connectivity index (χ2n) is 6.25. The molecule has 0 spiro atoms. The molecular formula is C19H20BrN3. The fourth-order valence-electron chi connectivity index (χ4n) is 3.53. The Morgan fingerprint density at radius 1 is 1.09 bits per heavy atom. The number of piperazine rings is 1. The summed E-state index contributed by atoms with van der Waals surface area (Å²) in [4.78, 5) is 9.75. The molecule has 0 amide bonds. The predicted octanol–water partition coefficient (Wildman–Crippen LogP) is 4.25. The highest BCUT2D eigenvalue weighted by Gasteiger charge is 2.29. The number of aliphatic imine (C=N–C) groups is 1. The Kier molecular flexibility index (Phi) is 4.19. The molecule has 1 saturated heterocycles. The molecule has 23 heavy (non-hydrogen) atoms. The van der Waals surface area contributed by atoms with Gasteiger partial charge in [0.25, 0.3) is 0 Å². The lowest BCUT2D eigenvalue weighted by Crippen LogP contribution is -2.52. The largest absolute Gasteiger partial charge is 0.364 e. The third-order valence-electron chi connectivity index (χ3n) is 4.67. The molecule has 2 heterocycles. The van der Waals surface area contributed by atoms with Crippen LogP contribution in [0.5, 0.6) is 0 Å². The molecule has 2 aliphatic heterocycles. The third-order valence-corrected chi connectivity index (χ3v) is 5.16. The van der Waals surface area contributed by atoms with Gasteiger partial charge in [0.05, 0.1) is 11.4 Å². The highest BCUT2D eigenvalue weighted by molar-refractivity contribution is 9.10. The van der Waals surface area contributed by atoms with Crippen molar-refractivity contribution in [3.05, 3.63) is 58.6 Å². The van der Waals surface area contributed by atoms with Gasteiger partial charge in [0.2, 0.25) is 0 Å². The lowest BCUT2D eigenvalue weighted by molar-refractivity contribution is 0.217. The first-order valence-corrected chi connectivity index (χ1v) is 8.94. The molecule has 2 aromatic rings. The van der Waals surface area contributed by atoms with E-state index < -0.39 is 0 Å². The molecule has 0 aliphatic carbocycles. The summed E-state index contributed by atoms with van der Waals surface area (Å²) >= 11 is 3.60. The van der Waals surface area contributed by atoms with Gasteiger partial charge in [-0.1, -0.05) is 46.3 Å². The van der Waals surface area contributed by atoms with Crippen LogP contribution in [0, 0.1) is 0 Å². The average molecular weight is 370 g/mol. The first kappa shape index (κ1) is 14.9. The van der Waals surface area contributed by atoms with Crippen molar-refractivity contribution in [1.29, 1.82) is 0 Å². The van der Waals surface area contributed by atoms with Crippen LogP contribution in [0.2, 0.25) is 0 Å². The molecule has 118 valence electrons. The maximum Gasteiger partial charge on any atom is 0.0860 e. The van der Waals surface area contributed by atoms with Gasteiger partial charge in [0.1, 0.15) is 0 Å². The Hall–Kier alpha value is -1.65. The zero-order valence-electron chi connectivity index (χ0n) is 13.0. The first-order valence-electron chi connectivity index (χ1n) is 8.14. The zero-order valence-corrected chi connectivity index (χ0v) is 14.6. The lowest BCUT2D eigenvalue weighted by atomic mass is 10.1. The topological polar surface area (TPSA) is 18.8 Å². The van der Waals surface area contributed by atoms with E-state index in [-0.39, 0.29) is 0 Å². The molecule has 0 saturated carbocycles. The number of anilines is 1. The van der Waals surface area contributed by atoms with Gasteiger partial charge in [-0.2, -0.15) is 0 Å². The van der Waals surface area contributed by atoms with Gasteiger partial charge in [0, 0.05) is 49.3 Å². The summed E-state index contributed by atoms with van der Waals surface area (Å²) in [5, 5.41) is 0. The summed E-state index contributed by atoms with van der Waals surface area (Å²) < 4.78 is 1.12. The van der Waals surface area contributed by atoms with Crippen molar-refractivity contribution in [2.24, 2.45) is 4.99 Å².